The number of nitrogens with zero attached hydrogens (tertiary/aromatic N) is 5. The summed E-state index contributed by atoms with van der Waals surface area (Å²) in [5, 5.41) is 0. The second-order valence-corrected chi connectivity index (χ2v) is 6.52. The number of likely N-dealkylation sites (tertiary alicyclic amines) is 1. The summed E-state index contributed by atoms with van der Waals surface area (Å²) in [5.74, 6) is 1.31. The largest absolute Gasteiger partial charge is 0.481 e. The van der Waals surface area contributed by atoms with Crippen LogP contribution in [0.3, 0.4) is 0 Å². The number of hydrogen-bond donors (Lipinski definition) is 0. The zero-order valence-electron chi connectivity index (χ0n) is 14.8. The molecule has 0 aromatic carbocycles. The van der Waals surface area contributed by atoms with E-state index in [1.54, 1.807) is 31.2 Å². The van der Waals surface area contributed by atoms with Gasteiger partial charge >= 0.3 is 0 Å². The highest BCUT2D eigenvalue weighted by Gasteiger charge is 2.32. The molecule has 0 bridgehead atoms. The van der Waals surface area contributed by atoms with Gasteiger partial charge in [0.05, 0.1) is 13.0 Å². The lowest BCUT2D eigenvalue weighted by molar-refractivity contribution is -0.140. The number of hydrogen-bond acceptors (Lipinski definition) is 6. The molecule has 2 saturated heterocycles. The monoisotopic (exact) mass is 347 g/mol. The fourth-order valence-electron chi connectivity index (χ4n) is 3.45. The number of carbonyl (C=O) groups excluding carboxylic acids is 2. The maximum Gasteiger partial charge on any atom is 0.228 e. The number of piperazine rings is 1. The minimum Gasteiger partial charge on any atom is -0.481 e. The molecule has 2 aliphatic heterocycles. The Kier molecular flexibility index (Phi) is 5.35. The third kappa shape index (κ3) is 4.00. The molecule has 0 unspecified atom stereocenters. The van der Waals surface area contributed by atoms with Crippen molar-refractivity contribution in [3.8, 4) is 5.88 Å². The molecule has 2 aliphatic rings. The quantitative estimate of drug-likeness (QED) is 0.787. The van der Waals surface area contributed by atoms with E-state index in [-0.39, 0.29) is 17.7 Å². The van der Waals surface area contributed by atoms with E-state index in [4.69, 9.17) is 4.74 Å². The van der Waals surface area contributed by atoms with Crippen molar-refractivity contribution in [3.63, 3.8) is 0 Å². The van der Waals surface area contributed by atoms with Gasteiger partial charge in [0.25, 0.3) is 0 Å². The first-order chi connectivity index (χ1) is 12.1. The van der Waals surface area contributed by atoms with Crippen LogP contribution in [0.5, 0.6) is 5.88 Å². The van der Waals surface area contributed by atoms with Gasteiger partial charge in [-0.2, -0.15) is 4.98 Å². The van der Waals surface area contributed by atoms with E-state index in [0.29, 0.717) is 44.6 Å². The summed E-state index contributed by atoms with van der Waals surface area (Å²) in [7, 11) is 1.58. The molecule has 1 aromatic heterocycles. The van der Waals surface area contributed by atoms with Crippen molar-refractivity contribution in [2.75, 3.05) is 51.3 Å². The van der Waals surface area contributed by atoms with Crippen molar-refractivity contribution < 1.29 is 14.3 Å². The number of piperidine rings is 1. The molecule has 1 atom stereocenters. The van der Waals surface area contributed by atoms with Crippen molar-refractivity contribution in [1.82, 2.24) is 19.8 Å². The van der Waals surface area contributed by atoms with Gasteiger partial charge in [0.2, 0.25) is 23.6 Å². The molecule has 0 spiro atoms. The lowest BCUT2D eigenvalue weighted by Gasteiger charge is -2.38. The minimum absolute atomic E-state index is 0.0532. The molecular weight excluding hydrogens is 322 g/mol. The summed E-state index contributed by atoms with van der Waals surface area (Å²) in [5.41, 5.74) is 0. The van der Waals surface area contributed by atoms with E-state index in [0.717, 1.165) is 19.4 Å². The Morgan fingerprint density at radius 1 is 1.16 bits per heavy atom. The van der Waals surface area contributed by atoms with Crippen LogP contribution >= 0.6 is 0 Å². The Hall–Kier alpha value is -2.38. The lowest BCUT2D eigenvalue weighted by Crippen LogP contribution is -2.53. The van der Waals surface area contributed by atoms with Crippen LogP contribution in [0.4, 0.5) is 5.95 Å². The Labute approximate surface area is 147 Å². The van der Waals surface area contributed by atoms with Gasteiger partial charge in [-0.15, -0.1) is 0 Å². The van der Waals surface area contributed by atoms with Gasteiger partial charge in [-0.25, -0.2) is 4.98 Å². The molecule has 2 fully saturated rings. The van der Waals surface area contributed by atoms with Crippen LogP contribution in [0.25, 0.3) is 0 Å². The van der Waals surface area contributed by atoms with E-state index in [1.807, 2.05) is 4.90 Å². The molecule has 1 aromatic rings. The lowest BCUT2D eigenvalue weighted by atomic mass is 9.96. The maximum atomic E-state index is 12.8. The van der Waals surface area contributed by atoms with E-state index in [9.17, 15) is 9.59 Å². The SMILES string of the molecule is COc1ccnc(N2CCN(C(=O)[C@@H]3CCCN(C(C)=O)C3)CC2)n1. The molecular formula is C17H25N5O3. The Bertz CT molecular complexity index is 630. The van der Waals surface area contributed by atoms with E-state index in [1.165, 1.54) is 0 Å². The molecule has 0 aliphatic carbocycles. The van der Waals surface area contributed by atoms with E-state index in [2.05, 4.69) is 14.9 Å². The van der Waals surface area contributed by atoms with Crippen molar-refractivity contribution >= 4 is 17.8 Å². The number of ether oxygens (including phenoxy) is 1. The minimum atomic E-state index is -0.0720. The van der Waals surface area contributed by atoms with Crippen LogP contribution in [0.15, 0.2) is 12.3 Å². The highest BCUT2D eigenvalue weighted by molar-refractivity contribution is 5.81. The Balaban J connectivity index is 1.56. The first-order valence-corrected chi connectivity index (χ1v) is 8.75. The predicted molar refractivity (Wildman–Crippen MR) is 92.4 cm³/mol. The Morgan fingerprint density at radius 3 is 2.60 bits per heavy atom. The number of anilines is 1. The van der Waals surface area contributed by atoms with Crippen LogP contribution in [0, 0.1) is 5.92 Å². The molecule has 3 rings (SSSR count). The van der Waals surface area contributed by atoms with Gasteiger partial charge in [-0.1, -0.05) is 0 Å². The predicted octanol–water partition coefficient (Wildman–Crippen LogP) is 0.392. The van der Waals surface area contributed by atoms with Gasteiger partial charge in [-0.05, 0) is 12.8 Å². The normalized spacial score (nSPS) is 21.2. The summed E-state index contributed by atoms with van der Waals surface area (Å²) in [6.07, 6.45) is 3.44. The first-order valence-electron chi connectivity index (χ1n) is 8.75. The average molecular weight is 347 g/mol. The molecule has 136 valence electrons. The first kappa shape index (κ1) is 17.4. The van der Waals surface area contributed by atoms with E-state index < -0.39 is 0 Å². The van der Waals surface area contributed by atoms with Gasteiger partial charge in [0.15, 0.2) is 0 Å². The van der Waals surface area contributed by atoms with Crippen molar-refractivity contribution in [2.45, 2.75) is 19.8 Å². The summed E-state index contributed by atoms with van der Waals surface area (Å²) < 4.78 is 5.14. The number of rotatable bonds is 3. The van der Waals surface area contributed by atoms with Crippen molar-refractivity contribution in [3.05, 3.63) is 12.3 Å². The molecule has 3 heterocycles. The Morgan fingerprint density at radius 2 is 1.92 bits per heavy atom. The molecule has 0 saturated carbocycles. The van der Waals surface area contributed by atoms with Crippen molar-refractivity contribution in [2.24, 2.45) is 5.92 Å². The summed E-state index contributed by atoms with van der Waals surface area (Å²) in [6.45, 7) is 5.57. The summed E-state index contributed by atoms with van der Waals surface area (Å²) in [6, 6.07) is 1.72. The maximum absolute atomic E-state index is 12.8. The van der Waals surface area contributed by atoms with Gasteiger partial charge in [0.1, 0.15) is 0 Å². The van der Waals surface area contributed by atoms with Gasteiger partial charge in [0, 0.05) is 58.5 Å². The summed E-state index contributed by atoms with van der Waals surface area (Å²) >= 11 is 0. The second-order valence-electron chi connectivity index (χ2n) is 6.52. The second kappa shape index (κ2) is 7.67. The highest BCUT2D eigenvalue weighted by atomic mass is 16.5. The molecule has 8 nitrogen and oxygen atoms in total. The van der Waals surface area contributed by atoms with Crippen LogP contribution in [0.2, 0.25) is 0 Å². The number of carbonyl (C=O) groups is 2. The van der Waals surface area contributed by atoms with Crippen LogP contribution in [-0.2, 0) is 9.59 Å². The van der Waals surface area contributed by atoms with Crippen LogP contribution < -0.4 is 9.64 Å². The topological polar surface area (TPSA) is 78.9 Å². The zero-order valence-corrected chi connectivity index (χ0v) is 14.8. The van der Waals surface area contributed by atoms with Gasteiger partial charge < -0.3 is 19.4 Å². The smallest absolute Gasteiger partial charge is 0.228 e. The number of methoxy groups -OCH3 is 1. The standard InChI is InChI=1S/C17H25N5O3/c1-13(23)22-7-3-4-14(12-22)16(24)20-8-10-21(11-9-20)17-18-6-5-15(19-17)25-2/h5-6,14H,3-4,7-12H2,1-2H3/t14-/m1/s1. The third-order valence-electron chi connectivity index (χ3n) is 4.92. The molecule has 0 N–H and O–H groups in total. The fourth-order valence-corrected chi connectivity index (χ4v) is 3.45. The average Bonchev–Trinajstić information content (AvgIpc) is 2.67. The van der Waals surface area contributed by atoms with Crippen LogP contribution in [0.1, 0.15) is 19.8 Å². The number of aromatic nitrogens is 2. The van der Waals surface area contributed by atoms with Crippen molar-refractivity contribution in [1.29, 1.82) is 0 Å². The fraction of sp³-hybridized carbons (Fsp3) is 0.647. The zero-order chi connectivity index (χ0) is 17.8. The summed E-state index contributed by atoms with van der Waals surface area (Å²) in [4.78, 5) is 38.7. The van der Waals surface area contributed by atoms with Gasteiger partial charge in [-0.3, -0.25) is 9.59 Å². The van der Waals surface area contributed by atoms with E-state index >= 15 is 0 Å². The molecule has 2 amide bonds. The highest BCUT2D eigenvalue weighted by Crippen LogP contribution is 2.21. The number of amides is 2. The third-order valence-corrected chi connectivity index (χ3v) is 4.92. The molecule has 8 heteroatoms. The molecule has 0 radical (unpaired) electrons. The van der Waals surface area contributed by atoms with Crippen LogP contribution in [-0.4, -0.2) is 78.0 Å². The molecule has 25 heavy (non-hydrogen) atoms.